The molecule has 0 aliphatic heterocycles. The maximum Gasteiger partial charge on any atom is 0.269 e. The van der Waals surface area contributed by atoms with Crippen LogP contribution in [-0.4, -0.2) is 16.1 Å². The quantitative estimate of drug-likeness (QED) is 0.850. The van der Waals surface area contributed by atoms with Crippen LogP contribution >= 0.6 is 15.9 Å². The van der Waals surface area contributed by atoms with Crippen molar-refractivity contribution in [2.45, 2.75) is 11.9 Å². The molecule has 88 valence electrons. The Morgan fingerprint density at radius 2 is 2.18 bits per heavy atom. The maximum absolute atomic E-state index is 11.6. The molecule has 4 nitrogen and oxygen atoms in total. The number of benzene rings is 1. The van der Waals surface area contributed by atoms with Crippen LogP contribution in [0.15, 0.2) is 36.5 Å². The fourth-order valence-corrected chi connectivity index (χ4v) is 1.83. The van der Waals surface area contributed by atoms with Crippen molar-refractivity contribution in [3.8, 4) is 0 Å². The normalized spacial score (nSPS) is 10.2. The minimum atomic E-state index is -0.147. The van der Waals surface area contributed by atoms with Gasteiger partial charge in [-0.05, 0) is 17.2 Å². The molecule has 5 heteroatoms. The number of carbonyl (C=O) groups is 1. The van der Waals surface area contributed by atoms with Crippen LogP contribution in [0.5, 0.6) is 0 Å². The molecule has 0 unspecified atom stereocenters. The van der Waals surface area contributed by atoms with Crippen molar-refractivity contribution in [3.63, 3.8) is 0 Å². The highest BCUT2D eigenvalue weighted by molar-refractivity contribution is 9.08. The Kier molecular flexibility index (Phi) is 3.93. The van der Waals surface area contributed by atoms with Crippen molar-refractivity contribution in [2.24, 2.45) is 0 Å². The third-order valence-corrected chi connectivity index (χ3v) is 2.99. The lowest BCUT2D eigenvalue weighted by Gasteiger charge is -2.05. The Balaban J connectivity index is 1.95. The Morgan fingerprint density at radius 3 is 2.88 bits per heavy atom. The number of alkyl halides is 1. The second-order valence-electron chi connectivity index (χ2n) is 3.61. The van der Waals surface area contributed by atoms with Crippen LogP contribution in [0.1, 0.15) is 21.6 Å². The molecule has 0 radical (unpaired) electrons. The number of aromatic amines is 1. The highest BCUT2D eigenvalue weighted by Gasteiger charge is 2.05. The number of H-pyrrole nitrogens is 1. The summed E-state index contributed by atoms with van der Waals surface area (Å²) in [7, 11) is 0. The summed E-state index contributed by atoms with van der Waals surface area (Å²) in [4.78, 5) is 11.6. The van der Waals surface area contributed by atoms with Crippen LogP contribution in [0.3, 0.4) is 0 Å². The molecule has 2 rings (SSSR count). The van der Waals surface area contributed by atoms with Gasteiger partial charge < -0.3 is 5.32 Å². The lowest BCUT2D eigenvalue weighted by Crippen LogP contribution is -2.23. The molecule has 1 aromatic carbocycles. The first-order valence-electron chi connectivity index (χ1n) is 5.21. The van der Waals surface area contributed by atoms with Crippen molar-refractivity contribution in [3.05, 3.63) is 53.3 Å². The van der Waals surface area contributed by atoms with Crippen molar-refractivity contribution in [2.75, 3.05) is 0 Å². The molecule has 17 heavy (non-hydrogen) atoms. The van der Waals surface area contributed by atoms with E-state index in [1.165, 1.54) is 5.56 Å². The smallest absolute Gasteiger partial charge is 0.269 e. The van der Waals surface area contributed by atoms with E-state index in [9.17, 15) is 4.79 Å². The lowest BCUT2D eigenvalue weighted by atomic mass is 10.1. The fourth-order valence-electron chi connectivity index (χ4n) is 1.48. The van der Waals surface area contributed by atoms with Crippen LogP contribution < -0.4 is 5.32 Å². The first-order valence-corrected chi connectivity index (χ1v) is 6.33. The predicted molar refractivity (Wildman–Crippen MR) is 68.8 cm³/mol. The van der Waals surface area contributed by atoms with E-state index in [4.69, 9.17) is 0 Å². The maximum atomic E-state index is 11.6. The van der Waals surface area contributed by atoms with Gasteiger partial charge in [-0.2, -0.15) is 5.10 Å². The van der Waals surface area contributed by atoms with Crippen molar-refractivity contribution >= 4 is 21.8 Å². The predicted octanol–water partition coefficient (Wildman–Crippen LogP) is 2.23. The second kappa shape index (κ2) is 5.63. The van der Waals surface area contributed by atoms with Crippen LogP contribution in [0.4, 0.5) is 0 Å². The van der Waals surface area contributed by atoms with E-state index in [0.717, 1.165) is 10.9 Å². The number of aromatic nitrogens is 2. The van der Waals surface area contributed by atoms with Crippen LogP contribution in [0, 0.1) is 0 Å². The second-order valence-corrected chi connectivity index (χ2v) is 4.17. The van der Waals surface area contributed by atoms with E-state index >= 15 is 0 Å². The SMILES string of the molecule is O=C(NCc1cccc(CBr)c1)c1ccn[nH]1. The van der Waals surface area contributed by atoms with Gasteiger partial charge in [-0.3, -0.25) is 9.89 Å². The molecular formula is C12H12BrN3O. The highest BCUT2D eigenvalue weighted by Crippen LogP contribution is 2.08. The topological polar surface area (TPSA) is 57.8 Å². The Morgan fingerprint density at radius 1 is 1.35 bits per heavy atom. The largest absolute Gasteiger partial charge is 0.347 e. The van der Waals surface area contributed by atoms with Crippen LogP contribution in [-0.2, 0) is 11.9 Å². The molecule has 1 heterocycles. The average molecular weight is 294 g/mol. The summed E-state index contributed by atoms with van der Waals surface area (Å²) in [5.41, 5.74) is 2.75. The molecule has 0 fully saturated rings. The molecule has 0 spiro atoms. The fraction of sp³-hybridized carbons (Fsp3) is 0.167. The minimum Gasteiger partial charge on any atom is -0.347 e. The molecule has 0 aliphatic rings. The minimum absolute atomic E-state index is 0.147. The standard InChI is InChI=1S/C12H12BrN3O/c13-7-9-2-1-3-10(6-9)8-14-12(17)11-4-5-15-16-11/h1-6H,7-8H2,(H,14,17)(H,15,16). The Bertz CT molecular complexity index is 496. The van der Waals surface area contributed by atoms with Gasteiger partial charge in [-0.25, -0.2) is 0 Å². The van der Waals surface area contributed by atoms with E-state index in [-0.39, 0.29) is 5.91 Å². The van der Waals surface area contributed by atoms with E-state index in [1.54, 1.807) is 12.3 Å². The number of halogens is 1. The number of hydrogen-bond acceptors (Lipinski definition) is 2. The number of carbonyl (C=O) groups excluding carboxylic acids is 1. The number of amides is 1. The summed E-state index contributed by atoms with van der Waals surface area (Å²) >= 11 is 3.40. The van der Waals surface area contributed by atoms with Gasteiger partial charge >= 0.3 is 0 Å². The van der Waals surface area contributed by atoms with Gasteiger partial charge in [-0.15, -0.1) is 0 Å². The third kappa shape index (κ3) is 3.17. The highest BCUT2D eigenvalue weighted by atomic mass is 79.9. The van der Waals surface area contributed by atoms with E-state index in [0.29, 0.717) is 12.2 Å². The molecule has 2 aromatic rings. The summed E-state index contributed by atoms with van der Waals surface area (Å²) < 4.78 is 0. The molecule has 0 saturated heterocycles. The van der Waals surface area contributed by atoms with Gasteiger partial charge in [0.05, 0.1) is 0 Å². The first kappa shape index (κ1) is 11.9. The lowest BCUT2D eigenvalue weighted by molar-refractivity contribution is 0.0946. The molecule has 0 bridgehead atoms. The Hall–Kier alpha value is -1.62. The van der Waals surface area contributed by atoms with Gasteiger partial charge in [0, 0.05) is 18.1 Å². The summed E-state index contributed by atoms with van der Waals surface area (Å²) in [5, 5.41) is 10.0. The van der Waals surface area contributed by atoms with Crippen molar-refractivity contribution in [1.82, 2.24) is 15.5 Å². The monoisotopic (exact) mass is 293 g/mol. The number of rotatable bonds is 4. The van der Waals surface area contributed by atoms with Gasteiger partial charge in [-0.1, -0.05) is 40.2 Å². The number of nitrogens with zero attached hydrogens (tertiary/aromatic N) is 1. The van der Waals surface area contributed by atoms with Gasteiger partial charge in [0.25, 0.3) is 5.91 Å². The molecule has 0 atom stereocenters. The molecule has 0 aliphatic carbocycles. The van der Waals surface area contributed by atoms with Crippen molar-refractivity contribution in [1.29, 1.82) is 0 Å². The first-order chi connectivity index (χ1) is 8.29. The van der Waals surface area contributed by atoms with Gasteiger partial charge in [0.1, 0.15) is 5.69 Å². The summed E-state index contributed by atoms with van der Waals surface area (Å²) in [5.74, 6) is -0.147. The molecule has 2 N–H and O–H groups in total. The summed E-state index contributed by atoms with van der Waals surface area (Å²) in [6, 6.07) is 9.70. The molecular weight excluding hydrogens is 282 g/mol. The molecule has 1 aromatic heterocycles. The van der Waals surface area contributed by atoms with Crippen LogP contribution in [0.25, 0.3) is 0 Å². The van der Waals surface area contributed by atoms with Crippen LogP contribution in [0.2, 0.25) is 0 Å². The molecule has 1 amide bonds. The van der Waals surface area contributed by atoms with Gasteiger partial charge in [0.15, 0.2) is 0 Å². The zero-order chi connectivity index (χ0) is 12.1. The third-order valence-electron chi connectivity index (χ3n) is 2.34. The number of nitrogens with one attached hydrogen (secondary N) is 2. The summed E-state index contributed by atoms with van der Waals surface area (Å²) in [6.45, 7) is 0.513. The molecule has 0 saturated carbocycles. The zero-order valence-electron chi connectivity index (χ0n) is 9.11. The van der Waals surface area contributed by atoms with Crippen molar-refractivity contribution < 1.29 is 4.79 Å². The number of hydrogen-bond donors (Lipinski definition) is 2. The van der Waals surface area contributed by atoms with E-state index in [2.05, 4.69) is 37.5 Å². The Labute approximate surface area is 108 Å². The zero-order valence-corrected chi connectivity index (χ0v) is 10.7. The van der Waals surface area contributed by atoms with Gasteiger partial charge in [0.2, 0.25) is 0 Å². The summed E-state index contributed by atoms with van der Waals surface area (Å²) in [6.07, 6.45) is 1.56. The van der Waals surface area contributed by atoms with E-state index < -0.39 is 0 Å². The van der Waals surface area contributed by atoms with E-state index in [1.807, 2.05) is 18.2 Å². The average Bonchev–Trinajstić information content (AvgIpc) is 2.90.